The Hall–Kier alpha value is -4.24. The van der Waals surface area contributed by atoms with E-state index in [0.29, 0.717) is 11.4 Å². The monoisotopic (exact) mass is 380 g/mol. The Balaban J connectivity index is 1.61. The second-order valence-corrected chi connectivity index (χ2v) is 6.26. The fraction of sp³-hybridized carbons (Fsp3) is 0.0435. The van der Waals surface area contributed by atoms with Crippen LogP contribution in [0.2, 0.25) is 0 Å². The molecule has 4 aromatic rings. The van der Waals surface area contributed by atoms with Gasteiger partial charge in [-0.3, -0.25) is 0 Å². The molecule has 0 bridgehead atoms. The summed E-state index contributed by atoms with van der Waals surface area (Å²) in [6, 6.07) is 28.0. The average molecular weight is 380 g/mol. The van der Waals surface area contributed by atoms with E-state index in [4.69, 9.17) is 10.00 Å². The molecule has 0 unspecified atom stereocenters. The van der Waals surface area contributed by atoms with E-state index < -0.39 is 5.97 Å². The topological polar surface area (TPSA) is 80.8 Å². The molecule has 0 aliphatic rings. The molecule has 0 saturated carbocycles. The van der Waals surface area contributed by atoms with Crippen LogP contribution in [0.5, 0.6) is 0 Å². The summed E-state index contributed by atoms with van der Waals surface area (Å²) in [6.45, 7) is 0.0745. The van der Waals surface area contributed by atoms with Gasteiger partial charge in [-0.2, -0.15) is 5.26 Å². The van der Waals surface area contributed by atoms with Crippen molar-refractivity contribution in [2.45, 2.75) is 6.61 Å². The Labute approximate surface area is 167 Å². The Morgan fingerprint density at radius 1 is 0.931 bits per heavy atom. The predicted molar refractivity (Wildman–Crippen MR) is 107 cm³/mol. The highest BCUT2D eigenvalue weighted by Crippen LogP contribution is 2.21. The van der Waals surface area contributed by atoms with Gasteiger partial charge in [-0.25, -0.2) is 14.5 Å². The number of hydrogen-bond acceptors (Lipinski definition) is 5. The number of nitrogens with zero attached hydrogens (tertiary/aromatic N) is 4. The van der Waals surface area contributed by atoms with Crippen LogP contribution in [0.25, 0.3) is 17.1 Å². The summed E-state index contributed by atoms with van der Waals surface area (Å²) < 4.78 is 7.00. The zero-order valence-corrected chi connectivity index (χ0v) is 15.4. The summed E-state index contributed by atoms with van der Waals surface area (Å²) in [7, 11) is 0. The number of para-hydroxylation sites is 1. The molecular formula is C23H16N4O2. The maximum Gasteiger partial charge on any atom is 0.378 e. The summed E-state index contributed by atoms with van der Waals surface area (Å²) in [5, 5.41) is 13.2. The first-order valence-corrected chi connectivity index (χ1v) is 8.98. The fourth-order valence-corrected chi connectivity index (χ4v) is 2.81. The normalized spacial score (nSPS) is 10.3. The number of esters is 1. The highest BCUT2D eigenvalue weighted by molar-refractivity contribution is 5.86. The lowest BCUT2D eigenvalue weighted by atomic mass is 10.2. The third kappa shape index (κ3) is 4.04. The molecule has 0 fully saturated rings. The summed E-state index contributed by atoms with van der Waals surface area (Å²) in [4.78, 5) is 17.0. The molecule has 1 aromatic heterocycles. The van der Waals surface area contributed by atoms with Gasteiger partial charge in [0.1, 0.15) is 6.61 Å². The predicted octanol–water partition coefficient (Wildman–Crippen LogP) is 4.16. The molecule has 4 rings (SSSR count). The van der Waals surface area contributed by atoms with Crippen LogP contribution in [-0.4, -0.2) is 20.7 Å². The van der Waals surface area contributed by atoms with Gasteiger partial charge in [-0.05, 0) is 29.8 Å². The number of rotatable bonds is 5. The average Bonchev–Trinajstić information content (AvgIpc) is 3.25. The van der Waals surface area contributed by atoms with E-state index in [1.807, 2.05) is 60.7 Å². The van der Waals surface area contributed by atoms with Crippen molar-refractivity contribution >= 4 is 5.97 Å². The van der Waals surface area contributed by atoms with Gasteiger partial charge >= 0.3 is 5.97 Å². The van der Waals surface area contributed by atoms with E-state index in [2.05, 4.69) is 16.2 Å². The quantitative estimate of drug-likeness (QED) is 0.486. The molecule has 0 aliphatic carbocycles. The van der Waals surface area contributed by atoms with Crippen LogP contribution >= 0.6 is 0 Å². The smallest absolute Gasteiger partial charge is 0.378 e. The minimum absolute atomic E-state index is 0.0126. The van der Waals surface area contributed by atoms with Crippen molar-refractivity contribution in [2.24, 2.45) is 0 Å². The zero-order chi connectivity index (χ0) is 20.1. The van der Waals surface area contributed by atoms with Crippen molar-refractivity contribution in [2.75, 3.05) is 0 Å². The van der Waals surface area contributed by atoms with E-state index in [1.54, 1.807) is 28.9 Å². The Morgan fingerprint density at radius 3 is 2.24 bits per heavy atom. The van der Waals surface area contributed by atoms with Crippen LogP contribution in [0.1, 0.15) is 21.7 Å². The molecule has 6 heteroatoms. The lowest BCUT2D eigenvalue weighted by Gasteiger charge is -2.05. The van der Waals surface area contributed by atoms with Gasteiger partial charge in [0.15, 0.2) is 5.82 Å². The van der Waals surface area contributed by atoms with Crippen LogP contribution in [0.15, 0.2) is 84.9 Å². The van der Waals surface area contributed by atoms with E-state index in [-0.39, 0.29) is 12.4 Å². The zero-order valence-electron chi connectivity index (χ0n) is 15.4. The third-order valence-electron chi connectivity index (χ3n) is 4.28. The summed E-state index contributed by atoms with van der Waals surface area (Å²) in [5.41, 5.74) is 2.97. The second-order valence-electron chi connectivity index (χ2n) is 6.26. The summed E-state index contributed by atoms with van der Waals surface area (Å²) in [6.07, 6.45) is 0. The SMILES string of the molecule is N#Cc1ccc(COC(=O)c2nc(-c3ccccc3)n(-c3ccccc3)n2)cc1. The minimum atomic E-state index is -0.610. The number of benzene rings is 3. The number of carbonyl (C=O) groups is 1. The molecular weight excluding hydrogens is 364 g/mol. The second kappa shape index (κ2) is 8.19. The highest BCUT2D eigenvalue weighted by atomic mass is 16.5. The van der Waals surface area contributed by atoms with Gasteiger partial charge in [-0.1, -0.05) is 60.7 Å². The van der Waals surface area contributed by atoms with Crippen molar-refractivity contribution in [3.63, 3.8) is 0 Å². The van der Waals surface area contributed by atoms with Gasteiger partial charge in [0.05, 0.1) is 17.3 Å². The van der Waals surface area contributed by atoms with Crippen LogP contribution in [0.3, 0.4) is 0 Å². The van der Waals surface area contributed by atoms with Crippen molar-refractivity contribution < 1.29 is 9.53 Å². The molecule has 0 amide bonds. The van der Waals surface area contributed by atoms with Crippen molar-refractivity contribution in [1.82, 2.24) is 14.8 Å². The number of nitriles is 1. The van der Waals surface area contributed by atoms with Gasteiger partial charge in [0.2, 0.25) is 0 Å². The van der Waals surface area contributed by atoms with Crippen molar-refractivity contribution in [1.29, 1.82) is 5.26 Å². The minimum Gasteiger partial charge on any atom is -0.455 e. The summed E-state index contributed by atoms with van der Waals surface area (Å²) in [5.74, 6) is -0.0651. The number of carbonyl (C=O) groups excluding carboxylic acids is 1. The molecule has 29 heavy (non-hydrogen) atoms. The maximum atomic E-state index is 12.6. The largest absolute Gasteiger partial charge is 0.455 e. The Morgan fingerprint density at radius 2 is 1.59 bits per heavy atom. The van der Waals surface area contributed by atoms with E-state index in [0.717, 1.165) is 16.8 Å². The van der Waals surface area contributed by atoms with Crippen molar-refractivity contribution in [3.8, 4) is 23.1 Å². The van der Waals surface area contributed by atoms with Gasteiger partial charge in [0.25, 0.3) is 5.82 Å². The van der Waals surface area contributed by atoms with E-state index in [1.165, 1.54) is 0 Å². The van der Waals surface area contributed by atoms with Gasteiger partial charge in [0, 0.05) is 5.56 Å². The lowest BCUT2D eigenvalue weighted by molar-refractivity contribution is 0.0458. The fourth-order valence-electron chi connectivity index (χ4n) is 2.81. The van der Waals surface area contributed by atoms with E-state index >= 15 is 0 Å². The molecule has 6 nitrogen and oxygen atoms in total. The van der Waals surface area contributed by atoms with Crippen molar-refractivity contribution in [3.05, 3.63) is 102 Å². The van der Waals surface area contributed by atoms with E-state index in [9.17, 15) is 4.79 Å². The first kappa shape index (κ1) is 18.1. The van der Waals surface area contributed by atoms with Crippen LogP contribution in [-0.2, 0) is 11.3 Å². The Bertz CT molecular complexity index is 1100. The van der Waals surface area contributed by atoms with Crippen LogP contribution in [0.4, 0.5) is 0 Å². The molecule has 3 aromatic carbocycles. The lowest BCUT2D eigenvalue weighted by Crippen LogP contribution is -2.08. The first-order chi connectivity index (χ1) is 14.2. The maximum absolute atomic E-state index is 12.6. The van der Waals surface area contributed by atoms with Crippen LogP contribution < -0.4 is 0 Å². The molecule has 140 valence electrons. The van der Waals surface area contributed by atoms with Crippen LogP contribution in [0, 0.1) is 11.3 Å². The molecule has 0 aliphatic heterocycles. The first-order valence-electron chi connectivity index (χ1n) is 8.98. The number of aromatic nitrogens is 3. The standard InChI is InChI=1S/C23H16N4O2/c24-15-17-11-13-18(14-12-17)16-29-23(28)21-25-22(19-7-3-1-4-8-19)27(26-21)20-9-5-2-6-10-20/h1-14H,16H2. The Kier molecular flexibility index (Phi) is 5.12. The summed E-state index contributed by atoms with van der Waals surface area (Å²) >= 11 is 0. The van der Waals surface area contributed by atoms with Gasteiger partial charge < -0.3 is 4.74 Å². The number of ether oxygens (including phenoxy) is 1. The molecule has 0 spiro atoms. The molecule has 0 N–H and O–H groups in total. The molecule has 0 saturated heterocycles. The van der Waals surface area contributed by atoms with Gasteiger partial charge in [-0.15, -0.1) is 5.10 Å². The molecule has 0 radical (unpaired) electrons. The molecule has 0 atom stereocenters. The number of hydrogen-bond donors (Lipinski definition) is 0. The highest BCUT2D eigenvalue weighted by Gasteiger charge is 2.20. The molecule has 1 heterocycles. The third-order valence-corrected chi connectivity index (χ3v) is 4.28.